The van der Waals surface area contributed by atoms with Crippen molar-refractivity contribution in [1.82, 2.24) is 4.90 Å². The second-order valence-corrected chi connectivity index (χ2v) is 11.5. The van der Waals surface area contributed by atoms with Crippen molar-refractivity contribution < 1.29 is 24.0 Å². The molecule has 8 nitrogen and oxygen atoms in total. The average Bonchev–Trinajstić information content (AvgIpc) is 2.93. The zero-order valence-corrected chi connectivity index (χ0v) is 25.0. The maximum atomic E-state index is 13.5. The van der Waals surface area contributed by atoms with Gasteiger partial charge in [-0.25, -0.2) is 0 Å². The Morgan fingerprint density at radius 3 is 2.12 bits per heavy atom. The fraction of sp³-hybridized carbons (Fsp3) is 0.419. The van der Waals surface area contributed by atoms with Crippen LogP contribution in [0.25, 0.3) is 0 Å². The molecule has 0 bridgehead atoms. The third-order valence-corrected chi connectivity index (χ3v) is 8.53. The Kier molecular flexibility index (Phi) is 8.58. The summed E-state index contributed by atoms with van der Waals surface area (Å²) >= 11 is 2.22. The SMILES string of the molecule is CCCN1C2=C(C(=O)CCC2)C(c2cc(I)c(OCc3ccc([N+](=O)[O-])cc3)c(OCC)c2)C2=C1CCCC2=O. The van der Waals surface area contributed by atoms with Crippen molar-refractivity contribution in [2.75, 3.05) is 13.2 Å². The summed E-state index contributed by atoms with van der Waals surface area (Å²) in [5, 5.41) is 11.0. The minimum atomic E-state index is -0.429. The minimum absolute atomic E-state index is 0.0274. The number of carbonyl (C=O) groups excluding carboxylic acids is 2. The lowest BCUT2D eigenvalue weighted by atomic mass is 9.71. The number of ether oxygens (including phenoxy) is 2. The summed E-state index contributed by atoms with van der Waals surface area (Å²) in [7, 11) is 0. The molecule has 40 heavy (non-hydrogen) atoms. The van der Waals surface area contributed by atoms with Crippen molar-refractivity contribution in [2.45, 2.75) is 71.3 Å². The van der Waals surface area contributed by atoms with Gasteiger partial charge in [0.2, 0.25) is 0 Å². The van der Waals surface area contributed by atoms with Gasteiger partial charge in [0.1, 0.15) is 6.61 Å². The number of non-ortho nitro benzene ring substituents is 1. The molecule has 3 aliphatic rings. The average molecular weight is 657 g/mol. The summed E-state index contributed by atoms with van der Waals surface area (Å²) in [5.74, 6) is 0.974. The Morgan fingerprint density at radius 2 is 1.57 bits per heavy atom. The molecule has 0 aromatic heterocycles. The molecule has 0 saturated carbocycles. The number of rotatable bonds is 9. The number of nitro groups is 1. The molecular weight excluding hydrogens is 623 g/mol. The molecule has 210 valence electrons. The molecule has 2 aromatic rings. The van der Waals surface area contributed by atoms with Crippen molar-refractivity contribution in [2.24, 2.45) is 0 Å². The number of Topliss-reactive ketones (excluding diaryl/α,β-unsaturated/α-hetero) is 2. The van der Waals surface area contributed by atoms with E-state index in [1.54, 1.807) is 12.1 Å². The Morgan fingerprint density at radius 1 is 0.950 bits per heavy atom. The van der Waals surface area contributed by atoms with E-state index in [4.69, 9.17) is 9.47 Å². The molecule has 2 aromatic carbocycles. The molecule has 2 aliphatic carbocycles. The van der Waals surface area contributed by atoms with Gasteiger partial charge in [0.05, 0.1) is 15.1 Å². The summed E-state index contributed by atoms with van der Waals surface area (Å²) in [5.41, 5.74) is 5.40. The molecule has 0 fully saturated rings. The van der Waals surface area contributed by atoms with Crippen LogP contribution in [0.1, 0.15) is 75.8 Å². The van der Waals surface area contributed by atoms with Crippen LogP contribution in [0.5, 0.6) is 11.5 Å². The largest absolute Gasteiger partial charge is 0.490 e. The van der Waals surface area contributed by atoms with Gasteiger partial charge in [0.15, 0.2) is 23.1 Å². The predicted molar refractivity (Wildman–Crippen MR) is 159 cm³/mol. The van der Waals surface area contributed by atoms with E-state index in [0.29, 0.717) is 30.9 Å². The zero-order chi connectivity index (χ0) is 28.4. The third-order valence-electron chi connectivity index (χ3n) is 7.73. The standard InChI is InChI=1S/C31H33IN2O6/c1-3-15-33-23-7-5-9-25(35)29(23)28(30-24(33)8-6-10-26(30)36)20-16-22(32)31(27(17-20)39-4-2)40-18-19-11-13-21(14-12-19)34(37)38/h11-14,16-17,28H,3-10,15,18H2,1-2H3. The van der Waals surface area contributed by atoms with Crippen LogP contribution in [0.4, 0.5) is 5.69 Å². The van der Waals surface area contributed by atoms with E-state index >= 15 is 0 Å². The van der Waals surface area contributed by atoms with Gasteiger partial charge in [-0.15, -0.1) is 0 Å². The second-order valence-electron chi connectivity index (χ2n) is 10.3. The van der Waals surface area contributed by atoms with Crippen LogP contribution in [0.3, 0.4) is 0 Å². The number of benzene rings is 2. The van der Waals surface area contributed by atoms with Crippen molar-refractivity contribution in [3.8, 4) is 11.5 Å². The molecule has 0 amide bonds. The number of ketones is 2. The summed E-state index contributed by atoms with van der Waals surface area (Å²) in [6.45, 7) is 5.47. The van der Waals surface area contributed by atoms with Gasteiger partial charge < -0.3 is 14.4 Å². The summed E-state index contributed by atoms with van der Waals surface area (Å²) < 4.78 is 13.0. The molecule has 5 rings (SSSR count). The van der Waals surface area contributed by atoms with Crippen molar-refractivity contribution >= 4 is 39.8 Å². The number of hydrogen-bond donors (Lipinski definition) is 0. The number of carbonyl (C=O) groups is 2. The molecular formula is C31H33IN2O6. The minimum Gasteiger partial charge on any atom is -0.490 e. The molecule has 0 atom stereocenters. The van der Waals surface area contributed by atoms with Gasteiger partial charge in [0, 0.05) is 60.0 Å². The maximum absolute atomic E-state index is 13.5. The Balaban J connectivity index is 1.56. The molecule has 9 heteroatoms. The second kappa shape index (κ2) is 12.1. The molecule has 0 spiro atoms. The number of halogens is 1. The van der Waals surface area contributed by atoms with E-state index in [-0.39, 0.29) is 23.9 Å². The first kappa shape index (κ1) is 28.3. The van der Waals surface area contributed by atoms with Crippen molar-refractivity contribution in [1.29, 1.82) is 0 Å². The highest BCUT2D eigenvalue weighted by Crippen LogP contribution is 2.50. The number of hydrogen-bond acceptors (Lipinski definition) is 7. The Bertz CT molecular complexity index is 1370. The summed E-state index contributed by atoms with van der Waals surface area (Å²) in [4.78, 5) is 39.9. The van der Waals surface area contributed by atoms with E-state index in [1.807, 2.05) is 19.1 Å². The van der Waals surface area contributed by atoms with Gasteiger partial charge in [-0.1, -0.05) is 6.92 Å². The maximum Gasteiger partial charge on any atom is 0.269 e. The first-order valence-corrected chi connectivity index (χ1v) is 15.0. The first-order valence-electron chi connectivity index (χ1n) is 14.0. The quantitative estimate of drug-likeness (QED) is 0.163. The van der Waals surface area contributed by atoms with Crippen LogP contribution in [0, 0.1) is 13.7 Å². The van der Waals surface area contributed by atoms with Gasteiger partial charge in [0.25, 0.3) is 5.69 Å². The molecule has 0 N–H and O–H groups in total. The monoisotopic (exact) mass is 656 g/mol. The van der Waals surface area contributed by atoms with Crippen LogP contribution < -0.4 is 9.47 Å². The van der Waals surface area contributed by atoms with Gasteiger partial charge in [-0.2, -0.15) is 0 Å². The Labute approximate surface area is 247 Å². The van der Waals surface area contributed by atoms with Crippen LogP contribution in [0.2, 0.25) is 0 Å². The lowest BCUT2D eigenvalue weighted by molar-refractivity contribution is -0.384. The fourth-order valence-corrected chi connectivity index (χ4v) is 6.85. The summed E-state index contributed by atoms with van der Waals surface area (Å²) in [6.07, 6.45) is 5.28. The van der Waals surface area contributed by atoms with Crippen molar-refractivity contribution in [3.05, 3.63) is 83.7 Å². The molecule has 1 aliphatic heterocycles. The predicted octanol–water partition coefficient (Wildman–Crippen LogP) is 7.00. The molecule has 1 heterocycles. The fourth-order valence-electron chi connectivity index (χ4n) is 6.07. The number of nitrogens with zero attached hydrogens (tertiary/aromatic N) is 2. The highest BCUT2D eigenvalue weighted by molar-refractivity contribution is 14.1. The molecule has 0 radical (unpaired) electrons. The van der Waals surface area contributed by atoms with E-state index < -0.39 is 10.8 Å². The van der Waals surface area contributed by atoms with Crippen LogP contribution in [-0.2, 0) is 16.2 Å². The van der Waals surface area contributed by atoms with Gasteiger partial charge in [-0.3, -0.25) is 19.7 Å². The normalized spacial score (nSPS) is 17.6. The smallest absolute Gasteiger partial charge is 0.269 e. The number of allylic oxidation sites excluding steroid dienone is 4. The topological polar surface area (TPSA) is 99.0 Å². The lowest BCUT2D eigenvalue weighted by Gasteiger charge is -2.44. The summed E-state index contributed by atoms with van der Waals surface area (Å²) in [6, 6.07) is 10.2. The molecule has 0 saturated heterocycles. The highest BCUT2D eigenvalue weighted by Gasteiger charge is 2.43. The van der Waals surface area contributed by atoms with Crippen molar-refractivity contribution in [3.63, 3.8) is 0 Å². The van der Waals surface area contributed by atoms with E-state index in [0.717, 1.165) is 75.9 Å². The lowest BCUT2D eigenvalue weighted by Crippen LogP contribution is -2.39. The first-order chi connectivity index (χ1) is 19.3. The highest BCUT2D eigenvalue weighted by atomic mass is 127. The third kappa shape index (κ3) is 5.40. The van der Waals surface area contributed by atoms with E-state index in [9.17, 15) is 19.7 Å². The van der Waals surface area contributed by atoms with Crippen LogP contribution in [0.15, 0.2) is 58.9 Å². The van der Waals surface area contributed by atoms with Crippen LogP contribution >= 0.6 is 22.6 Å². The van der Waals surface area contributed by atoms with E-state index in [2.05, 4.69) is 34.4 Å². The van der Waals surface area contributed by atoms with Gasteiger partial charge in [-0.05, 0) is 97.0 Å². The van der Waals surface area contributed by atoms with Gasteiger partial charge >= 0.3 is 0 Å². The zero-order valence-electron chi connectivity index (χ0n) is 22.8. The van der Waals surface area contributed by atoms with E-state index in [1.165, 1.54) is 12.1 Å². The Hall–Kier alpha value is -3.21. The van der Waals surface area contributed by atoms with Crippen LogP contribution in [-0.4, -0.2) is 34.5 Å². The number of nitro benzene ring substituents is 1. The molecule has 0 unspecified atom stereocenters.